The predicted molar refractivity (Wildman–Crippen MR) is 132 cm³/mol. The van der Waals surface area contributed by atoms with E-state index in [2.05, 4.69) is 17.2 Å². The SMILES string of the molecule is CCOc1cccc2sc(N(CCn3cccn3)C(=O)CCCSc3ccccc3)nc12. The second-order valence-corrected chi connectivity index (χ2v) is 9.29. The van der Waals surface area contributed by atoms with Crippen molar-refractivity contribution in [1.82, 2.24) is 14.8 Å². The van der Waals surface area contributed by atoms with Gasteiger partial charge in [-0.3, -0.25) is 14.4 Å². The second-order valence-electron chi connectivity index (χ2n) is 7.11. The van der Waals surface area contributed by atoms with Crippen molar-refractivity contribution in [1.29, 1.82) is 0 Å². The molecule has 0 N–H and O–H groups in total. The van der Waals surface area contributed by atoms with E-state index in [4.69, 9.17) is 9.72 Å². The molecule has 0 spiro atoms. The molecule has 166 valence electrons. The molecule has 32 heavy (non-hydrogen) atoms. The summed E-state index contributed by atoms with van der Waals surface area (Å²) in [5.74, 6) is 1.74. The number of para-hydroxylation sites is 1. The Hall–Kier alpha value is -2.84. The third kappa shape index (κ3) is 5.69. The van der Waals surface area contributed by atoms with Gasteiger partial charge in [-0.05, 0) is 49.4 Å². The van der Waals surface area contributed by atoms with Gasteiger partial charge < -0.3 is 4.74 Å². The van der Waals surface area contributed by atoms with Gasteiger partial charge >= 0.3 is 0 Å². The van der Waals surface area contributed by atoms with Crippen LogP contribution in [0, 0.1) is 0 Å². The van der Waals surface area contributed by atoms with Gasteiger partial charge in [0.15, 0.2) is 5.13 Å². The highest BCUT2D eigenvalue weighted by molar-refractivity contribution is 7.99. The fourth-order valence-electron chi connectivity index (χ4n) is 3.33. The lowest BCUT2D eigenvalue weighted by molar-refractivity contribution is -0.118. The third-order valence-electron chi connectivity index (χ3n) is 4.86. The van der Waals surface area contributed by atoms with Gasteiger partial charge in [0, 0.05) is 30.3 Å². The Balaban J connectivity index is 1.47. The first-order valence-corrected chi connectivity index (χ1v) is 12.5. The number of aromatic nitrogens is 3. The number of fused-ring (bicyclic) bond motifs is 1. The van der Waals surface area contributed by atoms with E-state index in [0.717, 1.165) is 28.1 Å². The Kier molecular flexibility index (Phi) is 7.79. The Labute approximate surface area is 196 Å². The number of anilines is 1. The molecule has 4 aromatic rings. The summed E-state index contributed by atoms with van der Waals surface area (Å²) < 4.78 is 8.59. The molecular weight excluding hydrogens is 440 g/mol. The summed E-state index contributed by atoms with van der Waals surface area (Å²) in [7, 11) is 0. The number of carbonyl (C=O) groups excluding carboxylic acids is 1. The van der Waals surface area contributed by atoms with Gasteiger partial charge in [0.05, 0.1) is 17.9 Å². The summed E-state index contributed by atoms with van der Waals surface area (Å²) in [6.45, 7) is 3.67. The summed E-state index contributed by atoms with van der Waals surface area (Å²) in [4.78, 5) is 21.0. The molecule has 0 saturated carbocycles. The van der Waals surface area contributed by atoms with Crippen molar-refractivity contribution in [3.05, 3.63) is 67.0 Å². The first kappa shape index (κ1) is 22.4. The van der Waals surface area contributed by atoms with E-state index in [1.54, 1.807) is 22.9 Å². The molecule has 2 heterocycles. The number of hydrogen-bond donors (Lipinski definition) is 0. The third-order valence-corrected chi connectivity index (χ3v) is 7.00. The van der Waals surface area contributed by atoms with Crippen molar-refractivity contribution in [2.24, 2.45) is 0 Å². The number of amides is 1. The molecule has 2 aromatic carbocycles. The van der Waals surface area contributed by atoms with E-state index < -0.39 is 0 Å². The van der Waals surface area contributed by atoms with E-state index in [9.17, 15) is 4.79 Å². The zero-order chi connectivity index (χ0) is 22.2. The highest BCUT2D eigenvalue weighted by atomic mass is 32.2. The molecular formula is C24H26N4O2S2. The summed E-state index contributed by atoms with van der Waals surface area (Å²) in [6, 6.07) is 18.1. The van der Waals surface area contributed by atoms with Crippen LogP contribution in [0.15, 0.2) is 71.9 Å². The van der Waals surface area contributed by atoms with Crippen LogP contribution in [0.2, 0.25) is 0 Å². The van der Waals surface area contributed by atoms with Crippen LogP contribution in [0.25, 0.3) is 10.2 Å². The van der Waals surface area contributed by atoms with E-state index in [1.165, 1.54) is 16.2 Å². The minimum atomic E-state index is 0.0860. The zero-order valence-corrected chi connectivity index (χ0v) is 19.6. The summed E-state index contributed by atoms with van der Waals surface area (Å²) in [6.07, 6.45) is 4.95. The van der Waals surface area contributed by atoms with Gasteiger partial charge in [-0.15, -0.1) is 11.8 Å². The van der Waals surface area contributed by atoms with Crippen LogP contribution in [0.4, 0.5) is 5.13 Å². The van der Waals surface area contributed by atoms with Gasteiger partial charge in [-0.1, -0.05) is 35.6 Å². The molecule has 0 radical (unpaired) electrons. The largest absolute Gasteiger partial charge is 0.492 e. The van der Waals surface area contributed by atoms with Crippen LogP contribution in [-0.4, -0.2) is 39.6 Å². The maximum atomic E-state index is 13.2. The van der Waals surface area contributed by atoms with E-state index >= 15 is 0 Å². The van der Waals surface area contributed by atoms with E-state index in [1.807, 2.05) is 60.3 Å². The van der Waals surface area contributed by atoms with Crippen molar-refractivity contribution >= 4 is 44.4 Å². The maximum absolute atomic E-state index is 13.2. The molecule has 0 saturated heterocycles. The summed E-state index contributed by atoms with van der Waals surface area (Å²) in [5, 5.41) is 4.98. The highest BCUT2D eigenvalue weighted by Gasteiger charge is 2.21. The minimum absolute atomic E-state index is 0.0860. The normalized spacial score (nSPS) is 11.0. The lowest BCUT2D eigenvalue weighted by atomic mass is 10.3. The maximum Gasteiger partial charge on any atom is 0.228 e. The van der Waals surface area contributed by atoms with Crippen LogP contribution in [0.1, 0.15) is 19.8 Å². The van der Waals surface area contributed by atoms with Crippen LogP contribution >= 0.6 is 23.1 Å². The Morgan fingerprint density at radius 2 is 2.03 bits per heavy atom. The standard InChI is InChI=1S/C24H26N4O2S2/c1-2-30-20-11-6-12-21-23(20)26-24(32-21)28(17-16-27-15-8-14-25-27)22(29)13-7-18-31-19-9-4-3-5-10-19/h3-6,8-12,14-15H,2,7,13,16-18H2,1H3. The molecule has 0 unspecified atom stereocenters. The predicted octanol–water partition coefficient (Wildman–Crippen LogP) is 5.50. The minimum Gasteiger partial charge on any atom is -0.492 e. The average Bonchev–Trinajstić information content (AvgIpc) is 3.48. The van der Waals surface area contributed by atoms with Gasteiger partial charge in [0.1, 0.15) is 11.3 Å². The van der Waals surface area contributed by atoms with E-state index in [-0.39, 0.29) is 5.91 Å². The number of hydrogen-bond acceptors (Lipinski definition) is 6. The lowest BCUT2D eigenvalue weighted by Crippen LogP contribution is -2.34. The van der Waals surface area contributed by atoms with Crippen molar-refractivity contribution < 1.29 is 9.53 Å². The number of thiazole rings is 1. The summed E-state index contributed by atoms with van der Waals surface area (Å²) >= 11 is 3.30. The second kappa shape index (κ2) is 11.2. The van der Waals surface area contributed by atoms with Crippen molar-refractivity contribution in [3.8, 4) is 5.75 Å². The molecule has 0 aliphatic heterocycles. The van der Waals surface area contributed by atoms with Crippen molar-refractivity contribution in [2.75, 3.05) is 23.8 Å². The number of rotatable bonds is 11. The topological polar surface area (TPSA) is 60.2 Å². The smallest absolute Gasteiger partial charge is 0.228 e. The fraction of sp³-hybridized carbons (Fsp3) is 0.292. The molecule has 0 aliphatic carbocycles. The quantitative estimate of drug-likeness (QED) is 0.216. The number of ether oxygens (including phenoxy) is 1. The molecule has 0 atom stereocenters. The fourth-order valence-corrected chi connectivity index (χ4v) is 5.23. The molecule has 2 aromatic heterocycles. The first-order valence-electron chi connectivity index (χ1n) is 10.7. The molecule has 0 bridgehead atoms. The Morgan fingerprint density at radius 3 is 2.81 bits per heavy atom. The van der Waals surface area contributed by atoms with Crippen LogP contribution < -0.4 is 9.64 Å². The monoisotopic (exact) mass is 466 g/mol. The molecule has 0 fully saturated rings. The molecule has 8 heteroatoms. The zero-order valence-electron chi connectivity index (χ0n) is 18.0. The summed E-state index contributed by atoms with van der Waals surface area (Å²) in [5.41, 5.74) is 0.811. The van der Waals surface area contributed by atoms with Crippen LogP contribution in [-0.2, 0) is 11.3 Å². The number of thioether (sulfide) groups is 1. The number of nitrogens with zero attached hydrogens (tertiary/aromatic N) is 4. The average molecular weight is 467 g/mol. The van der Waals surface area contributed by atoms with Gasteiger partial charge in [-0.2, -0.15) is 5.10 Å². The van der Waals surface area contributed by atoms with Crippen LogP contribution in [0.3, 0.4) is 0 Å². The number of benzene rings is 2. The lowest BCUT2D eigenvalue weighted by Gasteiger charge is -2.20. The van der Waals surface area contributed by atoms with Gasteiger partial charge in [0.2, 0.25) is 5.91 Å². The Morgan fingerprint density at radius 1 is 1.16 bits per heavy atom. The molecule has 1 amide bonds. The van der Waals surface area contributed by atoms with Gasteiger partial charge in [0.25, 0.3) is 0 Å². The van der Waals surface area contributed by atoms with Crippen molar-refractivity contribution in [2.45, 2.75) is 31.2 Å². The molecule has 0 aliphatic rings. The van der Waals surface area contributed by atoms with E-state index in [0.29, 0.717) is 31.2 Å². The Bertz CT molecular complexity index is 1130. The number of carbonyl (C=O) groups is 1. The van der Waals surface area contributed by atoms with Crippen LogP contribution in [0.5, 0.6) is 5.75 Å². The van der Waals surface area contributed by atoms with Crippen molar-refractivity contribution in [3.63, 3.8) is 0 Å². The molecule has 6 nitrogen and oxygen atoms in total. The first-order chi connectivity index (χ1) is 15.7. The highest BCUT2D eigenvalue weighted by Crippen LogP contribution is 2.34. The van der Waals surface area contributed by atoms with Gasteiger partial charge in [-0.25, -0.2) is 4.98 Å². The molecule has 4 rings (SSSR count).